The lowest BCUT2D eigenvalue weighted by Crippen LogP contribution is -2.48. The van der Waals surface area contributed by atoms with Crippen LogP contribution in [0.2, 0.25) is 0 Å². The van der Waals surface area contributed by atoms with Crippen LogP contribution in [0, 0.1) is 19.8 Å². The zero-order valence-electron chi connectivity index (χ0n) is 15.1. The Hall–Kier alpha value is -1.58. The molecule has 4 heterocycles. The number of fused-ring (bicyclic) bond motifs is 4. The molecule has 1 aromatic heterocycles. The van der Waals surface area contributed by atoms with E-state index in [0.717, 1.165) is 12.8 Å². The van der Waals surface area contributed by atoms with Gasteiger partial charge in [0.1, 0.15) is 5.82 Å². The second kappa shape index (κ2) is 6.62. The molecule has 3 aliphatic heterocycles. The van der Waals surface area contributed by atoms with Crippen LogP contribution >= 0.6 is 0 Å². The molecule has 0 saturated carbocycles. The van der Waals surface area contributed by atoms with Crippen molar-refractivity contribution in [2.45, 2.75) is 32.7 Å². The van der Waals surface area contributed by atoms with E-state index in [4.69, 9.17) is 0 Å². The Morgan fingerprint density at radius 3 is 2.56 bits per heavy atom. The molecule has 2 atom stereocenters. The number of aromatic nitrogens is 2. The Kier molecular flexibility index (Phi) is 4.82. The Labute approximate surface area is 149 Å². The smallest absolute Gasteiger partial charge is 0.281 e. The highest BCUT2D eigenvalue weighted by Gasteiger charge is 2.41. The van der Waals surface area contributed by atoms with Gasteiger partial charge >= 0.3 is 0 Å². The minimum absolute atomic E-state index is 0.101. The Morgan fingerprint density at radius 1 is 1.20 bits per heavy atom. The maximum absolute atomic E-state index is 13.0. The van der Waals surface area contributed by atoms with E-state index in [-0.39, 0.29) is 17.9 Å². The first kappa shape index (κ1) is 18.2. The summed E-state index contributed by atoms with van der Waals surface area (Å²) in [6.45, 7) is 4.98. The number of nitrogens with zero attached hydrogens (tertiary/aromatic N) is 5. The SMILES string of the molecule is Cc1ncc(C(=O)N2C[C@@H]3CC[C@H]2CN(S(=O)(=O)N(C)C)C3)c(C)n1. The molecule has 0 aromatic carbocycles. The lowest BCUT2D eigenvalue weighted by molar-refractivity contribution is 0.0587. The Morgan fingerprint density at radius 2 is 1.92 bits per heavy atom. The summed E-state index contributed by atoms with van der Waals surface area (Å²) >= 11 is 0. The molecular weight excluding hydrogens is 342 g/mol. The van der Waals surface area contributed by atoms with Crippen LogP contribution in [-0.2, 0) is 10.2 Å². The number of hydrogen-bond acceptors (Lipinski definition) is 5. The number of carbonyl (C=O) groups is 1. The Bertz CT molecular complexity index is 780. The molecule has 4 rings (SSSR count). The summed E-state index contributed by atoms with van der Waals surface area (Å²) < 4.78 is 27.8. The van der Waals surface area contributed by atoms with E-state index in [1.807, 2.05) is 4.90 Å². The molecule has 3 fully saturated rings. The maximum Gasteiger partial charge on any atom is 0.281 e. The van der Waals surface area contributed by atoms with Crippen LogP contribution < -0.4 is 0 Å². The highest BCUT2D eigenvalue weighted by atomic mass is 32.2. The van der Waals surface area contributed by atoms with Crippen LogP contribution in [0.15, 0.2) is 6.20 Å². The van der Waals surface area contributed by atoms with Gasteiger partial charge in [-0.3, -0.25) is 4.79 Å². The standard InChI is InChI=1S/C16H25N5O3S/c1-11-15(7-17-12(2)18-11)16(22)21-9-13-5-6-14(21)10-20(8-13)25(23,24)19(3)4/h7,13-14H,5-6,8-10H2,1-4H3/t13-,14+/m1/s1. The fourth-order valence-corrected chi connectivity index (χ4v) is 4.88. The zero-order valence-corrected chi connectivity index (χ0v) is 16.0. The van der Waals surface area contributed by atoms with Crippen LogP contribution in [0.5, 0.6) is 0 Å². The maximum atomic E-state index is 13.0. The Balaban J connectivity index is 1.87. The van der Waals surface area contributed by atoms with Gasteiger partial charge in [-0.1, -0.05) is 0 Å². The molecular formula is C16H25N5O3S. The van der Waals surface area contributed by atoms with Crippen LogP contribution in [0.3, 0.4) is 0 Å². The van der Waals surface area contributed by atoms with Gasteiger partial charge in [-0.2, -0.15) is 17.0 Å². The van der Waals surface area contributed by atoms with Crippen molar-refractivity contribution in [3.63, 3.8) is 0 Å². The minimum atomic E-state index is -3.47. The average molecular weight is 367 g/mol. The van der Waals surface area contributed by atoms with Crippen molar-refractivity contribution in [1.29, 1.82) is 0 Å². The zero-order chi connectivity index (χ0) is 18.4. The molecule has 0 aliphatic carbocycles. The van der Waals surface area contributed by atoms with Gasteiger partial charge in [0.2, 0.25) is 0 Å². The van der Waals surface area contributed by atoms with Gasteiger partial charge in [-0.15, -0.1) is 0 Å². The van der Waals surface area contributed by atoms with Crippen LogP contribution in [0.1, 0.15) is 34.7 Å². The summed E-state index contributed by atoms with van der Waals surface area (Å²) in [7, 11) is -0.393. The number of rotatable bonds is 3. The van der Waals surface area contributed by atoms with Gasteiger partial charge in [0.25, 0.3) is 16.1 Å². The molecule has 8 nitrogen and oxygen atoms in total. The molecule has 138 valence electrons. The van der Waals surface area contributed by atoms with Crippen LogP contribution in [0.4, 0.5) is 0 Å². The highest BCUT2D eigenvalue weighted by molar-refractivity contribution is 7.86. The van der Waals surface area contributed by atoms with E-state index in [2.05, 4.69) is 9.97 Å². The lowest BCUT2D eigenvalue weighted by Gasteiger charge is -2.36. The van der Waals surface area contributed by atoms with Gasteiger partial charge in [0.05, 0.1) is 11.3 Å². The third-order valence-corrected chi connectivity index (χ3v) is 6.93. The second-order valence-electron chi connectivity index (χ2n) is 7.08. The fourth-order valence-electron chi connectivity index (χ4n) is 3.65. The summed E-state index contributed by atoms with van der Waals surface area (Å²) in [6.07, 6.45) is 3.34. The van der Waals surface area contributed by atoms with E-state index in [0.29, 0.717) is 36.7 Å². The number of hydrogen-bond donors (Lipinski definition) is 0. The minimum Gasteiger partial charge on any atom is -0.334 e. The van der Waals surface area contributed by atoms with Crippen molar-refractivity contribution >= 4 is 16.1 Å². The number of aryl methyl sites for hydroxylation is 2. The summed E-state index contributed by atoms with van der Waals surface area (Å²) in [5.74, 6) is 0.690. The predicted octanol–water partition coefficient (Wildman–Crippen LogP) is 0.436. The van der Waals surface area contributed by atoms with E-state index < -0.39 is 10.2 Å². The first-order chi connectivity index (χ1) is 11.7. The van der Waals surface area contributed by atoms with E-state index in [1.54, 1.807) is 20.0 Å². The van der Waals surface area contributed by atoms with Crippen molar-refractivity contribution in [3.8, 4) is 0 Å². The van der Waals surface area contributed by atoms with Gasteiger partial charge in [0.15, 0.2) is 0 Å². The predicted molar refractivity (Wildman–Crippen MR) is 93.2 cm³/mol. The molecule has 1 amide bonds. The summed E-state index contributed by atoms with van der Waals surface area (Å²) in [5.41, 5.74) is 1.16. The van der Waals surface area contributed by atoms with E-state index >= 15 is 0 Å². The lowest BCUT2D eigenvalue weighted by atomic mass is 9.94. The quantitative estimate of drug-likeness (QED) is 0.773. The molecule has 0 spiro atoms. The van der Waals surface area contributed by atoms with Gasteiger partial charge in [-0.25, -0.2) is 9.97 Å². The van der Waals surface area contributed by atoms with Crippen LogP contribution in [-0.4, -0.2) is 77.6 Å². The van der Waals surface area contributed by atoms with Crippen molar-refractivity contribution in [2.24, 2.45) is 5.92 Å². The molecule has 2 bridgehead atoms. The van der Waals surface area contributed by atoms with Gasteiger partial charge in [0, 0.05) is 46.0 Å². The average Bonchev–Trinajstić information content (AvgIpc) is 2.86. The first-order valence-corrected chi connectivity index (χ1v) is 9.88. The molecule has 0 unspecified atom stereocenters. The van der Waals surface area contributed by atoms with Crippen LogP contribution in [0.25, 0.3) is 0 Å². The number of carbonyl (C=O) groups excluding carboxylic acids is 1. The molecule has 3 saturated heterocycles. The van der Waals surface area contributed by atoms with Crippen molar-refractivity contribution in [2.75, 3.05) is 33.7 Å². The second-order valence-corrected chi connectivity index (χ2v) is 9.22. The topological polar surface area (TPSA) is 86.7 Å². The van der Waals surface area contributed by atoms with Crippen molar-refractivity contribution in [3.05, 3.63) is 23.3 Å². The summed E-state index contributed by atoms with van der Waals surface area (Å²) in [4.78, 5) is 23.3. The number of amides is 1. The van der Waals surface area contributed by atoms with Crippen molar-refractivity contribution < 1.29 is 13.2 Å². The summed E-state index contributed by atoms with van der Waals surface area (Å²) in [5, 5.41) is 0. The fraction of sp³-hybridized carbons (Fsp3) is 0.688. The molecule has 0 radical (unpaired) electrons. The number of piperidine rings is 1. The first-order valence-electron chi connectivity index (χ1n) is 8.49. The third-order valence-electron chi connectivity index (χ3n) is 5.06. The molecule has 3 aliphatic rings. The molecule has 0 N–H and O–H groups in total. The monoisotopic (exact) mass is 367 g/mol. The van der Waals surface area contributed by atoms with E-state index in [9.17, 15) is 13.2 Å². The highest BCUT2D eigenvalue weighted by Crippen LogP contribution is 2.31. The van der Waals surface area contributed by atoms with Crippen molar-refractivity contribution in [1.82, 2.24) is 23.5 Å². The third kappa shape index (κ3) is 3.40. The molecule has 1 aromatic rings. The summed E-state index contributed by atoms with van der Waals surface area (Å²) in [6, 6.07) is -0.110. The van der Waals surface area contributed by atoms with Gasteiger partial charge < -0.3 is 4.90 Å². The largest absolute Gasteiger partial charge is 0.334 e. The van der Waals surface area contributed by atoms with E-state index in [1.165, 1.54) is 22.7 Å². The van der Waals surface area contributed by atoms with Gasteiger partial charge in [-0.05, 0) is 32.6 Å². The normalized spacial score (nSPS) is 24.6. The molecule has 25 heavy (non-hydrogen) atoms. The molecule has 9 heteroatoms.